The molecule has 112 valence electrons. The predicted octanol–water partition coefficient (Wildman–Crippen LogP) is 3.80. The topological polar surface area (TPSA) is 39.2 Å². The molecule has 3 nitrogen and oxygen atoms in total. The minimum absolute atomic E-state index is 0.0349. The van der Waals surface area contributed by atoms with Gasteiger partial charge in [-0.15, -0.1) is 0 Å². The third-order valence-electron chi connectivity index (χ3n) is 2.32. The normalized spacial score (nSPS) is 11.8. The molecule has 0 aromatic carbocycles. The fourth-order valence-corrected chi connectivity index (χ4v) is 1.76. The van der Waals surface area contributed by atoms with Gasteiger partial charge in [-0.05, 0) is 6.92 Å². The van der Waals surface area contributed by atoms with Crippen LogP contribution in [0.2, 0.25) is 5.15 Å². The first kappa shape index (κ1) is 16.6. The number of rotatable bonds is 4. The number of carbonyl (C=O) groups excluding carboxylic acids is 1. The van der Waals surface area contributed by atoms with Crippen LogP contribution < -0.4 is 0 Å². The van der Waals surface area contributed by atoms with Crippen LogP contribution in [-0.2, 0) is 22.1 Å². The van der Waals surface area contributed by atoms with Crippen LogP contribution in [0.4, 0.5) is 22.0 Å². The molecular weight excluding hydrogens is 309 g/mol. The van der Waals surface area contributed by atoms with E-state index in [0.717, 1.165) is 0 Å². The zero-order valence-electron chi connectivity index (χ0n) is 10.1. The van der Waals surface area contributed by atoms with Crippen molar-refractivity contribution in [2.24, 2.45) is 0 Å². The summed E-state index contributed by atoms with van der Waals surface area (Å²) in [4.78, 5) is 14.5. The Kier molecular flexibility index (Phi) is 5.27. The molecule has 0 amide bonds. The van der Waals surface area contributed by atoms with Crippen molar-refractivity contribution in [1.29, 1.82) is 0 Å². The largest absolute Gasteiger partial charge is 0.466 e. The Morgan fingerprint density at radius 3 is 2.50 bits per heavy atom. The fourth-order valence-electron chi connectivity index (χ4n) is 1.54. The summed E-state index contributed by atoms with van der Waals surface area (Å²) in [5, 5.41) is -0.582. The average molecular weight is 318 g/mol. The second-order valence-corrected chi connectivity index (χ2v) is 3.99. The highest BCUT2D eigenvalue weighted by Crippen LogP contribution is 2.39. The molecule has 9 heteroatoms. The van der Waals surface area contributed by atoms with Crippen LogP contribution in [-0.4, -0.2) is 17.6 Å². The summed E-state index contributed by atoms with van der Waals surface area (Å²) >= 11 is 5.52. The van der Waals surface area contributed by atoms with Crippen molar-refractivity contribution in [3.63, 3.8) is 0 Å². The van der Waals surface area contributed by atoms with Gasteiger partial charge in [-0.1, -0.05) is 11.6 Å². The van der Waals surface area contributed by atoms with Crippen LogP contribution in [0, 0.1) is 0 Å². The second kappa shape index (κ2) is 6.34. The molecule has 1 aromatic heterocycles. The van der Waals surface area contributed by atoms with Crippen LogP contribution >= 0.6 is 11.6 Å². The van der Waals surface area contributed by atoms with E-state index in [1.807, 2.05) is 0 Å². The van der Waals surface area contributed by atoms with Crippen molar-refractivity contribution in [3.05, 3.63) is 28.0 Å². The number of esters is 1. The number of hydrogen-bond donors (Lipinski definition) is 0. The van der Waals surface area contributed by atoms with Gasteiger partial charge in [-0.2, -0.15) is 13.2 Å². The third kappa shape index (κ3) is 3.78. The molecule has 1 heterocycles. The van der Waals surface area contributed by atoms with Crippen LogP contribution in [0.1, 0.15) is 30.0 Å². The standard InChI is InChI=1S/C11H9ClF5NO2/c1-2-20-7(19)3-5-8(10(13)14)6(11(15,16)17)4-18-9(5)12/h4,10H,2-3H2,1H3. The molecule has 0 aliphatic carbocycles. The fraction of sp³-hybridized carbons (Fsp3) is 0.455. The maximum absolute atomic E-state index is 12.9. The van der Waals surface area contributed by atoms with Gasteiger partial charge in [-0.25, -0.2) is 13.8 Å². The lowest BCUT2D eigenvalue weighted by Crippen LogP contribution is -2.16. The zero-order valence-corrected chi connectivity index (χ0v) is 10.9. The molecule has 0 aliphatic heterocycles. The summed E-state index contributed by atoms with van der Waals surface area (Å²) in [6, 6.07) is 0. The molecule has 0 fully saturated rings. The molecule has 0 aliphatic rings. The van der Waals surface area contributed by atoms with Crippen LogP contribution in [0.15, 0.2) is 6.20 Å². The van der Waals surface area contributed by atoms with Gasteiger partial charge in [0.2, 0.25) is 0 Å². The third-order valence-corrected chi connectivity index (χ3v) is 2.65. The number of pyridine rings is 1. The van der Waals surface area contributed by atoms with Crippen LogP contribution in [0.5, 0.6) is 0 Å². The molecule has 0 unspecified atom stereocenters. The zero-order chi connectivity index (χ0) is 15.5. The van der Waals surface area contributed by atoms with Gasteiger partial charge in [0.15, 0.2) is 0 Å². The lowest BCUT2D eigenvalue weighted by Gasteiger charge is -2.16. The van der Waals surface area contributed by atoms with Crippen molar-refractivity contribution in [2.75, 3.05) is 6.61 Å². The van der Waals surface area contributed by atoms with Gasteiger partial charge in [0.25, 0.3) is 6.43 Å². The van der Waals surface area contributed by atoms with E-state index in [9.17, 15) is 26.7 Å². The van der Waals surface area contributed by atoms with Crippen molar-refractivity contribution in [3.8, 4) is 0 Å². The summed E-state index contributed by atoms with van der Waals surface area (Å²) in [5.41, 5.74) is -3.63. The van der Waals surface area contributed by atoms with E-state index < -0.39 is 46.8 Å². The number of alkyl halides is 5. The van der Waals surface area contributed by atoms with E-state index in [-0.39, 0.29) is 12.8 Å². The SMILES string of the molecule is CCOC(=O)Cc1c(Cl)ncc(C(F)(F)F)c1C(F)F. The van der Waals surface area contributed by atoms with E-state index in [2.05, 4.69) is 9.72 Å². The Morgan fingerprint density at radius 2 is 2.05 bits per heavy atom. The van der Waals surface area contributed by atoms with Crippen molar-refractivity contribution >= 4 is 17.6 Å². The minimum Gasteiger partial charge on any atom is -0.466 e. The molecule has 1 aromatic rings. The molecule has 0 spiro atoms. The summed E-state index contributed by atoms with van der Waals surface area (Å²) < 4.78 is 68.3. The van der Waals surface area contributed by atoms with Gasteiger partial charge < -0.3 is 4.74 Å². The molecule has 0 radical (unpaired) electrons. The average Bonchev–Trinajstić information content (AvgIpc) is 2.29. The van der Waals surface area contributed by atoms with E-state index in [1.165, 1.54) is 6.92 Å². The van der Waals surface area contributed by atoms with Crippen molar-refractivity contribution in [2.45, 2.75) is 25.9 Å². The van der Waals surface area contributed by atoms with Gasteiger partial charge in [0, 0.05) is 17.3 Å². The predicted molar refractivity (Wildman–Crippen MR) is 59.5 cm³/mol. The minimum atomic E-state index is -5.02. The van der Waals surface area contributed by atoms with Crippen molar-refractivity contribution in [1.82, 2.24) is 4.98 Å². The van der Waals surface area contributed by atoms with E-state index >= 15 is 0 Å². The first-order valence-electron chi connectivity index (χ1n) is 5.36. The maximum Gasteiger partial charge on any atom is 0.418 e. The van der Waals surface area contributed by atoms with Gasteiger partial charge in [0.1, 0.15) is 5.15 Å². The first-order chi connectivity index (χ1) is 9.18. The Morgan fingerprint density at radius 1 is 1.45 bits per heavy atom. The first-order valence-corrected chi connectivity index (χ1v) is 5.74. The quantitative estimate of drug-likeness (QED) is 0.482. The van der Waals surface area contributed by atoms with Gasteiger partial charge in [-0.3, -0.25) is 4.79 Å². The monoisotopic (exact) mass is 317 g/mol. The highest BCUT2D eigenvalue weighted by Gasteiger charge is 2.38. The number of hydrogen-bond acceptors (Lipinski definition) is 3. The van der Waals surface area contributed by atoms with E-state index in [1.54, 1.807) is 0 Å². The second-order valence-electron chi connectivity index (χ2n) is 3.64. The lowest BCUT2D eigenvalue weighted by molar-refractivity contribution is -0.143. The maximum atomic E-state index is 12.9. The Hall–Kier alpha value is -1.44. The Balaban J connectivity index is 3.37. The van der Waals surface area contributed by atoms with E-state index in [0.29, 0.717) is 0 Å². The van der Waals surface area contributed by atoms with Crippen molar-refractivity contribution < 1.29 is 31.5 Å². The molecule has 0 atom stereocenters. The van der Waals surface area contributed by atoms with Gasteiger partial charge >= 0.3 is 12.1 Å². The number of halogens is 6. The highest BCUT2D eigenvalue weighted by molar-refractivity contribution is 6.30. The molecule has 0 saturated heterocycles. The highest BCUT2D eigenvalue weighted by atomic mass is 35.5. The summed E-state index contributed by atoms with van der Waals surface area (Å²) in [5.74, 6) is -0.961. The Bertz CT molecular complexity index is 504. The molecular formula is C11H9ClF5NO2. The number of nitrogens with zero attached hydrogens (tertiary/aromatic N) is 1. The summed E-state index contributed by atoms with van der Waals surface area (Å²) in [6.07, 6.45) is -9.05. The van der Waals surface area contributed by atoms with Crippen LogP contribution in [0.3, 0.4) is 0 Å². The molecule has 0 bridgehead atoms. The smallest absolute Gasteiger partial charge is 0.418 e. The number of carbonyl (C=O) groups is 1. The van der Waals surface area contributed by atoms with Gasteiger partial charge in [0.05, 0.1) is 18.6 Å². The number of ether oxygens (including phenoxy) is 1. The lowest BCUT2D eigenvalue weighted by atomic mass is 10.0. The Labute approximate surface area is 115 Å². The molecule has 0 saturated carbocycles. The number of aromatic nitrogens is 1. The summed E-state index contributed by atoms with van der Waals surface area (Å²) in [7, 11) is 0. The summed E-state index contributed by atoms with van der Waals surface area (Å²) in [6.45, 7) is 1.44. The van der Waals surface area contributed by atoms with E-state index in [4.69, 9.17) is 11.6 Å². The molecule has 1 rings (SSSR count). The molecule has 0 N–H and O–H groups in total. The van der Waals surface area contributed by atoms with Crippen LogP contribution in [0.25, 0.3) is 0 Å². The molecule has 20 heavy (non-hydrogen) atoms.